The first-order valence-corrected chi connectivity index (χ1v) is 9.54. The van der Waals surface area contributed by atoms with Gasteiger partial charge in [-0.05, 0) is 42.8 Å². The van der Waals surface area contributed by atoms with Crippen molar-refractivity contribution in [2.24, 2.45) is 11.5 Å². The molecule has 0 unspecified atom stereocenters. The topological polar surface area (TPSA) is 154 Å². The zero-order valence-corrected chi connectivity index (χ0v) is 17.1. The van der Waals surface area contributed by atoms with Gasteiger partial charge in [0, 0.05) is 12.1 Å². The van der Waals surface area contributed by atoms with Crippen molar-refractivity contribution in [1.82, 2.24) is 15.1 Å². The van der Waals surface area contributed by atoms with Gasteiger partial charge in [-0.25, -0.2) is 13.9 Å². The quantitative estimate of drug-likeness (QED) is 0.420. The van der Waals surface area contributed by atoms with Gasteiger partial charge in [0.05, 0.1) is 17.6 Å². The summed E-state index contributed by atoms with van der Waals surface area (Å²) in [7, 11) is 0. The van der Waals surface area contributed by atoms with Crippen LogP contribution in [0.15, 0.2) is 48.7 Å². The number of hydrogen-bond donors (Lipinski definition) is 4. The standard InChI is InChI=1S/C21H21FN6O4/c1-2-25-18(29)11-32-17-8-5-13(22)9-15(17)12-3-6-14(7-4-12)28-10-16(26-21(24)31)19(27-28)20(23)30/h3-10H,2,11H2,1H3,(H2,23,30)(H,25,29)(H3,24,26,31). The number of nitrogens with two attached hydrogens (primary N) is 2. The van der Waals surface area contributed by atoms with E-state index in [0.29, 0.717) is 29.1 Å². The van der Waals surface area contributed by atoms with E-state index in [9.17, 15) is 18.8 Å². The highest BCUT2D eigenvalue weighted by Crippen LogP contribution is 2.31. The van der Waals surface area contributed by atoms with Gasteiger partial charge in [0.25, 0.3) is 11.8 Å². The number of nitrogens with zero attached hydrogens (tertiary/aromatic N) is 2. The van der Waals surface area contributed by atoms with Crippen molar-refractivity contribution in [1.29, 1.82) is 0 Å². The van der Waals surface area contributed by atoms with Gasteiger partial charge in [0.2, 0.25) is 0 Å². The maximum atomic E-state index is 13.9. The molecule has 166 valence electrons. The lowest BCUT2D eigenvalue weighted by Gasteiger charge is -2.12. The van der Waals surface area contributed by atoms with Gasteiger partial charge in [0.1, 0.15) is 11.6 Å². The Labute approximate surface area is 182 Å². The number of rotatable bonds is 8. The molecule has 0 bridgehead atoms. The van der Waals surface area contributed by atoms with E-state index in [0.717, 1.165) is 0 Å². The molecule has 0 saturated heterocycles. The molecule has 6 N–H and O–H groups in total. The number of benzene rings is 2. The molecule has 3 aromatic rings. The molecular weight excluding hydrogens is 419 g/mol. The van der Waals surface area contributed by atoms with Gasteiger partial charge in [-0.3, -0.25) is 9.59 Å². The summed E-state index contributed by atoms with van der Waals surface area (Å²) in [5.41, 5.74) is 11.9. The van der Waals surface area contributed by atoms with Gasteiger partial charge in [-0.15, -0.1) is 0 Å². The van der Waals surface area contributed by atoms with Crippen molar-refractivity contribution >= 4 is 23.5 Å². The zero-order valence-electron chi connectivity index (χ0n) is 17.1. The van der Waals surface area contributed by atoms with E-state index in [1.807, 2.05) is 0 Å². The molecular formula is C21H21FN6O4. The summed E-state index contributed by atoms with van der Waals surface area (Å²) < 4.78 is 20.8. The van der Waals surface area contributed by atoms with Gasteiger partial charge in [-0.2, -0.15) is 5.10 Å². The van der Waals surface area contributed by atoms with Crippen LogP contribution in [0.25, 0.3) is 16.8 Å². The molecule has 32 heavy (non-hydrogen) atoms. The lowest BCUT2D eigenvalue weighted by molar-refractivity contribution is -0.122. The largest absolute Gasteiger partial charge is 0.483 e. The Bertz CT molecular complexity index is 1160. The molecule has 0 aliphatic heterocycles. The molecule has 10 nitrogen and oxygen atoms in total. The van der Waals surface area contributed by atoms with Crippen LogP contribution in [-0.4, -0.2) is 40.8 Å². The van der Waals surface area contributed by atoms with Crippen LogP contribution in [0.2, 0.25) is 0 Å². The van der Waals surface area contributed by atoms with Crippen LogP contribution < -0.4 is 26.8 Å². The third-order valence-corrected chi connectivity index (χ3v) is 4.32. The summed E-state index contributed by atoms with van der Waals surface area (Å²) in [6, 6.07) is 9.84. The Morgan fingerprint density at radius 3 is 2.47 bits per heavy atom. The number of aromatic nitrogens is 2. The molecule has 2 aromatic carbocycles. The SMILES string of the molecule is CCNC(=O)COc1ccc(F)cc1-c1ccc(-n2cc(NC(N)=O)c(C(N)=O)n2)cc1. The van der Waals surface area contributed by atoms with Crippen molar-refractivity contribution in [2.45, 2.75) is 6.92 Å². The molecule has 3 rings (SSSR count). The Hall–Kier alpha value is -4.41. The molecule has 1 aromatic heterocycles. The van der Waals surface area contributed by atoms with Crippen molar-refractivity contribution in [3.05, 3.63) is 60.2 Å². The zero-order chi connectivity index (χ0) is 23.3. The molecule has 0 aliphatic carbocycles. The molecule has 0 fully saturated rings. The molecule has 0 saturated carbocycles. The Morgan fingerprint density at radius 1 is 1.12 bits per heavy atom. The minimum atomic E-state index is -0.867. The number of hydrogen-bond acceptors (Lipinski definition) is 5. The predicted molar refractivity (Wildman–Crippen MR) is 115 cm³/mol. The third-order valence-electron chi connectivity index (χ3n) is 4.32. The first-order valence-electron chi connectivity index (χ1n) is 9.54. The summed E-state index contributed by atoms with van der Waals surface area (Å²) in [6.45, 7) is 2.06. The normalized spacial score (nSPS) is 10.4. The monoisotopic (exact) mass is 440 g/mol. The summed E-state index contributed by atoms with van der Waals surface area (Å²) in [6.07, 6.45) is 1.39. The van der Waals surface area contributed by atoms with Crippen molar-refractivity contribution in [2.75, 3.05) is 18.5 Å². The van der Waals surface area contributed by atoms with Crippen LogP contribution in [0.5, 0.6) is 5.75 Å². The van der Waals surface area contributed by atoms with E-state index in [-0.39, 0.29) is 23.9 Å². The highest BCUT2D eigenvalue weighted by atomic mass is 19.1. The summed E-state index contributed by atoms with van der Waals surface area (Å²) in [5.74, 6) is -1.25. The lowest BCUT2D eigenvalue weighted by atomic mass is 10.0. The van der Waals surface area contributed by atoms with E-state index < -0.39 is 17.8 Å². The highest BCUT2D eigenvalue weighted by Gasteiger charge is 2.17. The number of likely N-dealkylation sites (N-methyl/N-ethyl adjacent to an activating group) is 1. The molecule has 0 aliphatic rings. The first-order chi connectivity index (χ1) is 15.3. The maximum Gasteiger partial charge on any atom is 0.316 e. The Morgan fingerprint density at radius 2 is 1.84 bits per heavy atom. The number of ether oxygens (including phenoxy) is 1. The van der Waals surface area contributed by atoms with Gasteiger partial charge in [0.15, 0.2) is 12.3 Å². The number of primary amides is 2. The van der Waals surface area contributed by atoms with E-state index in [1.54, 1.807) is 31.2 Å². The van der Waals surface area contributed by atoms with Crippen LogP contribution in [0.1, 0.15) is 17.4 Å². The van der Waals surface area contributed by atoms with Crippen LogP contribution in [0, 0.1) is 5.82 Å². The molecule has 1 heterocycles. The minimum Gasteiger partial charge on any atom is -0.483 e. The fraction of sp³-hybridized carbons (Fsp3) is 0.143. The van der Waals surface area contributed by atoms with Crippen molar-refractivity contribution in [3.8, 4) is 22.6 Å². The smallest absolute Gasteiger partial charge is 0.316 e. The number of carbonyl (C=O) groups excluding carboxylic acids is 3. The maximum absolute atomic E-state index is 13.9. The number of nitrogens with one attached hydrogen (secondary N) is 2. The minimum absolute atomic E-state index is 0.0697. The fourth-order valence-corrected chi connectivity index (χ4v) is 2.95. The van der Waals surface area contributed by atoms with Gasteiger partial charge < -0.3 is 26.8 Å². The lowest BCUT2D eigenvalue weighted by Crippen LogP contribution is -2.28. The third kappa shape index (κ3) is 5.19. The van der Waals surface area contributed by atoms with E-state index in [4.69, 9.17) is 16.2 Å². The predicted octanol–water partition coefficient (Wildman–Crippen LogP) is 1.78. The number of halogens is 1. The van der Waals surface area contributed by atoms with E-state index in [2.05, 4.69) is 15.7 Å². The first kappa shape index (κ1) is 22.3. The average Bonchev–Trinajstić information content (AvgIpc) is 3.16. The van der Waals surface area contributed by atoms with Gasteiger partial charge >= 0.3 is 6.03 Å². The number of urea groups is 1. The van der Waals surface area contributed by atoms with Crippen LogP contribution >= 0.6 is 0 Å². The van der Waals surface area contributed by atoms with Crippen LogP contribution in [0.4, 0.5) is 14.9 Å². The van der Waals surface area contributed by atoms with Crippen molar-refractivity contribution < 1.29 is 23.5 Å². The second kappa shape index (κ2) is 9.60. The van der Waals surface area contributed by atoms with Crippen LogP contribution in [0.3, 0.4) is 0 Å². The second-order valence-corrected chi connectivity index (χ2v) is 6.62. The summed E-state index contributed by atoms with van der Waals surface area (Å²) >= 11 is 0. The van der Waals surface area contributed by atoms with E-state index >= 15 is 0 Å². The number of anilines is 1. The molecule has 0 atom stereocenters. The molecule has 0 spiro atoms. The second-order valence-electron chi connectivity index (χ2n) is 6.62. The average molecular weight is 440 g/mol. The summed E-state index contributed by atoms with van der Waals surface area (Å²) in [4.78, 5) is 34.4. The van der Waals surface area contributed by atoms with Crippen LogP contribution in [-0.2, 0) is 4.79 Å². The highest BCUT2D eigenvalue weighted by molar-refractivity contribution is 6.00. The molecule has 0 radical (unpaired) electrons. The molecule has 11 heteroatoms. The number of carbonyl (C=O) groups is 3. The number of amides is 4. The molecule has 4 amide bonds. The van der Waals surface area contributed by atoms with Gasteiger partial charge in [-0.1, -0.05) is 12.1 Å². The Kier molecular flexibility index (Phi) is 6.68. The van der Waals surface area contributed by atoms with E-state index in [1.165, 1.54) is 29.1 Å². The summed E-state index contributed by atoms with van der Waals surface area (Å²) in [5, 5.41) is 8.99. The van der Waals surface area contributed by atoms with Crippen molar-refractivity contribution in [3.63, 3.8) is 0 Å². The Balaban J connectivity index is 1.89. The fourth-order valence-electron chi connectivity index (χ4n) is 2.95.